The molecule has 0 saturated heterocycles. The lowest BCUT2D eigenvalue weighted by Gasteiger charge is -2.13. The normalized spacial score (nSPS) is 14.0. The van der Waals surface area contributed by atoms with E-state index in [1.165, 1.54) is 6.20 Å². The van der Waals surface area contributed by atoms with Gasteiger partial charge in [-0.15, -0.1) is 12.4 Å². The highest BCUT2D eigenvalue weighted by Gasteiger charge is 2.13. The average Bonchev–Trinajstić information content (AvgIpc) is 2.17. The second-order valence-corrected chi connectivity index (χ2v) is 4.04. The number of carboxylic acid groups (broad SMARTS) is 1. The third kappa shape index (κ3) is 2.19. The number of rotatable bonds is 1. The number of halogens is 1. The van der Waals surface area contributed by atoms with Crippen molar-refractivity contribution in [3.05, 3.63) is 29.1 Å². The van der Waals surface area contributed by atoms with Gasteiger partial charge in [-0.25, -0.2) is 4.79 Å². The highest BCUT2D eigenvalue weighted by molar-refractivity contribution is 7.98. The number of fused-ring (bicyclic) bond motifs is 1. The zero-order valence-corrected chi connectivity index (χ0v) is 9.03. The van der Waals surface area contributed by atoms with Crippen LogP contribution in [0.25, 0.3) is 0 Å². The Bertz CT molecular complexity index is 357. The summed E-state index contributed by atoms with van der Waals surface area (Å²) in [4.78, 5) is 14.8. The van der Waals surface area contributed by atoms with Crippen LogP contribution in [0.5, 0.6) is 0 Å². The smallest absolute Gasteiger partial charge is 0.337 e. The molecule has 0 aromatic carbocycles. The molecule has 14 heavy (non-hydrogen) atoms. The van der Waals surface area contributed by atoms with Crippen LogP contribution in [0.3, 0.4) is 0 Å². The molecule has 0 saturated carbocycles. The minimum absolute atomic E-state index is 0. The molecule has 0 bridgehead atoms. The predicted octanol–water partition coefficient (Wildman–Crippen LogP) is 1.99. The maximum Gasteiger partial charge on any atom is 0.337 e. The summed E-state index contributed by atoms with van der Waals surface area (Å²) in [5, 5.41) is 8.74. The van der Waals surface area contributed by atoms with E-state index in [0.29, 0.717) is 5.56 Å². The van der Waals surface area contributed by atoms with Crippen molar-refractivity contribution in [3.8, 4) is 0 Å². The molecule has 3 nitrogen and oxygen atoms in total. The third-order valence-corrected chi connectivity index (χ3v) is 3.06. The summed E-state index contributed by atoms with van der Waals surface area (Å²) < 4.78 is 0. The molecule has 0 spiro atoms. The number of aromatic nitrogens is 1. The van der Waals surface area contributed by atoms with Crippen LogP contribution in [0.4, 0.5) is 0 Å². The molecule has 5 heteroatoms. The highest BCUT2D eigenvalue weighted by atomic mass is 35.5. The van der Waals surface area contributed by atoms with Gasteiger partial charge in [0.1, 0.15) is 0 Å². The van der Waals surface area contributed by atoms with Crippen LogP contribution in [0.2, 0.25) is 0 Å². The van der Waals surface area contributed by atoms with Gasteiger partial charge in [0.05, 0.1) is 5.56 Å². The lowest BCUT2D eigenvalue weighted by atomic mass is 10.1. The maximum absolute atomic E-state index is 10.6. The molecule has 1 aliphatic heterocycles. The fraction of sp³-hybridized carbons (Fsp3) is 0.333. The quantitative estimate of drug-likeness (QED) is 0.803. The van der Waals surface area contributed by atoms with E-state index in [0.717, 1.165) is 29.2 Å². The molecule has 0 radical (unpaired) electrons. The Morgan fingerprint density at radius 2 is 2.36 bits per heavy atom. The van der Waals surface area contributed by atoms with Crippen molar-refractivity contribution in [2.75, 3.05) is 5.75 Å². The third-order valence-electron chi connectivity index (χ3n) is 2.05. The molecule has 1 aromatic heterocycles. The largest absolute Gasteiger partial charge is 0.478 e. The molecule has 1 aliphatic rings. The summed E-state index contributed by atoms with van der Waals surface area (Å²) in [7, 11) is 0. The van der Waals surface area contributed by atoms with Gasteiger partial charge in [-0.3, -0.25) is 4.98 Å². The van der Waals surface area contributed by atoms with Crippen LogP contribution in [0.15, 0.2) is 12.3 Å². The van der Waals surface area contributed by atoms with Crippen molar-refractivity contribution in [1.82, 2.24) is 4.98 Å². The Balaban J connectivity index is 0.000000980. The van der Waals surface area contributed by atoms with Crippen molar-refractivity contribution < 1.29 is 9.90 Å². The van der Waals surface area contributed by atoms with E-state index in [1.54, 1.807) is 6.07 Å². The minimum Gasteiger partial charge on any atom is -0.478 e. The Kier molecular flexibility index (Phi) is 3.77. The van der Waals surface area contributed by atoms with Crippen molar-refractivity contribution >= 4 is 30.1 Å². The highest BCUT2D eigenvalue weighted by Crippen LogP contribution is 2.23. The second-order valence-electron chi connectivity index (χ2n) is 2.94. The molecule has 0 atom stereocenters. The molecule has 0 fully saturated rings. The number of aryl methyl sites for hydroxylation is 1. The standard InChI is InChI=1S/C9H9NO2S.ClH/c11-9(12)6-3-7-5-13-2-1-8(7)10-4-6;/h3-4H,1-2,5H2,(H,11,12);1H. The summed E-state index contributed by atoms with van der Waals surface area (Å²) in [6.45, 7) is 0. The van der Waals surface area contributed by atoms with E-state index in [1.807, 2.05) is 11.8 Å². The van der Waals surface area contributed by atoms with E-state index >= 15 is 0 Å². The summed E-state index contributed by atoms with van der Waals surface area (Å²) in [5.41, 5.74) is 2.43. The molecule has 2 heterocycles. The van der Waals surface area contributed by atoms with Crippen molar-refractivity contribution in [3.63, 3.8) is 0 Å². The van der Waals surface area contributed by atoms with Gasteiger partial charge in [-0.1, -0.05) is 0 Å². The molecule has 0 amide bonds. The second kappa shape index (κ2) is 4.66. The molecule has 2 rings (SSSR count). The molecule has 1 aromatic rings. The van der Waals surface area contributed by atoms with Gasteiger partial charge in [0.2, 0.25) is 0 Å². The summed E-state index contributed by atoms with van der Waals surface area (Å²) >= 11 is 1.83. The zero-order valence-electron chi connectivity index (χ0n) is 7.40. The molecular formula is C9H10ClNO2S. The van der Waals surface area contributed by atoms with Gasteiger partial charge in [0.25, 0.3) is 0 Å². The summed E-state index contributed by atoms with van der Waals surface area (Å²) in [6, 6.07) is 1.73. The van der Waals surface area contributed by atoms with Crippen LogP contribution in [0, 0.1) is 0 Å². The van der Waals surface area contributed by atoms with Gasteiger partial charge in [0.15, 0.2) is 0 Å². The first-order valence-corrected chi connectivity index (χ1v) is 5.21. The van der Waals surface area contributed by atoms with Gasteiger partial charge in [0, 0.05) is 17.6 Å². The number of aromatic carboxylic acids is 1. The lowest BCUT2D eigenvalue weighted by molar-refractivity contribution is 0.0696. The monoisotopic (exact) mass is 231 g/mol. The van der Waals surface area contributed by atoms with Crippen molar-refractivity contribution in [2.45, 2.75) is 12.2 Å². The molecular weight excluding hydrogens is 222 g/mol. The average molecular weight is 232 g/mol. The van der Waals surface area contributed by atoms with E-state index < -0.39 is 5.97 Å². The number of pyridine rings is 1. The maximum atomic E-state index is 10.6. The first-order chi connectivity index (χ1) is 6.27. The number of hydrogen-bond donors (Lipinski definition) is 1. The minimum atomic E-state index is -0.897. The fourth-order valence-corrected chi connectivity index (χ4v) is 2.31. The van der Waals surface area contributed by atoms with Crippen LogP contribution < -0.4 is 0 Å². The van der Waals surface area contributed by atoms with E-state index in [2.05, 4.69) is 4.98 Å². The Morgan fingerprint density at radius 1 is 1.57 bits per heavy atom. The lowest BCUT2D eigenvalue weighted by Crippen LogP contribution is -2.08. The van der Waals surface area contributed by atoms with Gasteiger partial charge < -0.3 is 5.11 Å². The number of carbonyl (C=O) groups is 1. The van der Waals surface area contributed by atoms with Crippen LogP contribution in [-0.4, -0.2) is 21.8 Å². The summed E-state index contributed by atoms with van der Waals surface area (Å²) in [5.74, 6) is 1.08. The predicted molar refractivity (Wildman–Crippen MR) is 58.3 cm³/mol. The molecule has 0 unspecified atom stereocenters. The van der Waals surface area contributed by atoms with E-state index in [9.17, 15) is 4.79 Å². The Morgan fingerprint density at radius 3 is 3.07 bits per heavy atom. The molecule has 1 N–H and O–H groups in total. The summed E-state index contributed by atoms with van der Waals surface area (Å²) in [6.07, 6.45) is 2.40. The first-order valence-electron chi connectivity index (χ1n) is 4.06. The Hall–Kier alpha value is -0.740. The topological polar surface area (TPSA) is 50.2 Å². The van der Waals surface area contributed by atoms with Crippen LogP contribution in [0.1, 0.15) is 21.6 Å². The van der Waals surface area contributed by atoms with E-state index in [-0.39, 0.29) is 12.4 Å². The van der Waals surface area contributed by atoms with E-state index in [4.69, 9.17) is 5.11 Å². The number of hydrogen-bond acceptors (Lipinski definition) is 3. The number of nitrogens with zero attached hydrogens (tertiary/aromatic N) is 1. The molecule has 76 valence electrons. The zero-order chi connectivity index (χ0) is 9.26. The van der Waals surface area contributed by atoms with Gasteiger partial charge in [-0.05, 0) is 23.8 Å². The van der Waals surface area contributed by atoms with Crippen molar-refractivity contribution in [2.24, 2.45) is 0 Å². The first kappa shape index (κ1) is 11.3. The number of carboxylic acids is 1. The fourth-order valence-electron chi connectivity index (χ4n) is 1.36. The Labute approximate surface area is 92.3 Å². The number of thioether (sulfide) groups is 1. The van der Waals surface area contributed by atoms with Gasteiger partial charge in [-0.2, -0.15) is 11.8 Å². The van der Waals surface area contributed by atoms with Crippen LogP contribution >= 0.6 is 24.2 Å². The van der Waals surface area contributed by atoms with Crippen molar-refractivity contribution in [1.29, 1.82) is 0 Å². The molecule has 0 aliphatic carbocycles. The van der Waals surface area contributed by atoms with Crippen LogP contribution in [-0.2, 0) is 12.2 Å². The SMILES string of the molecule is Cl.O=C(O)c1cnc2c(c1)CSCC2. The van der Waals surface area contributed by atoms with Gasteiger partial charge >= 0.3 is 5.97 Å².